The number of carbonyl (C=O) groups excluding carboxylic acids is 1. The highest BCUT2D eigenvalue weighted by Gasteiger charge is 2.00. The Bertz CT molecular complexity index is 552. The molecule has 5 nitrogen and oxygen atoms in total. The second-order valence-electron chi connectivity index (χ2n) is 3.15. The first-order valence-electron chi connectivity index (χ1n) is 4.41. The Labute approximate surface area is 85.3 Å². The molecule has 2 aromatic rings. The molecule has 0 radical (unpaired) electrons. The fourth-order valence-corrected chi connectivity index (χ4v) is 1.47. The van der Waals surface area contributed by atoms with Gasteiger partial charge in [0.2, 0.25) is 0 Å². The van der Waals surface area contributed by atoms with E-state index in [0.717, 1.165) is 22.8 Å². The highest BCUT2D eigenvalue weighted by molar-refractivity contribution is 5.88. The molecule has 0 bridgehead atoms. The van der Waals surface area contributed by atoms with Crippen LogP contribution in [0.25, 0.3) is 21.3 Å². The van der Waals surface area contributed by atoms with Gasteiger partial charge in [0, 0.05) is 15.8 Å². The second-order valence-corrected chi connectivity index (χ2v) is 3.15. The zero-order chi connectivity index (χ0) is 10.7. The average Bonchev–Trinajstić information content (AvgIpc) is 2.68. The minimum Gasteiger partial charge on any atom is -0.352 e. The van der Waals surface area contributed by atoms with E-state index in [-0.39, 0.29) is 0 Å². The molecule has 0 unspecified atom stereocenters. The molecule has 0 spiro atoms. The number of hydrogen-bond donors (Lipinski definition) is 1. The molecular formula is C10H8N4O. The van der Waals surface area contributed by atoms with Crippen LogP contribution in [0.3, 0.4) is 0 Å². The van der Waals surface area contributed by atoms with Crippen molar-refractivity contribution in [2.24, 2.45) is 5.11 Å². The van der Waals surface area contributed by atoms with Crippen LogP contribution in [0.5, 0.6) is 0 Å². The molecular weight excluding hydrogens is 192 g/mol. The van der Waals surface area contributed by atoms with Crippen LogP contribution in [-0.2, 0) is 6.54 Å². The summed E-state index contributed by atoms with van der Waals surface area (Å²) in [5.74, 6) is 0. The fraction of sp³-hybridized carbons (Fsp3) is 0.100. The first-order valence-corrected chi connectivity index (χ1v) is 4.41. The number of aromatic amines is 1. The highest BCUT2D eigenvalue weighted by Crippen LogP contribution is 2.16. The van der Waals surface area contributed by atoms with Gasteiger partial charge in [-0.3, -0.25) is 4.79 Å². The van der Waals surface area contributed by atoms with Crippen LogP contribution in [0, 0.1) is 0 Å². The third-order valence-corrected chi connectivity index (χ3v) is 2.15. The summed E-state index contributed by atoms with van der Waals surface area (Å²) in [5.41, 5.74) is 10.5. The average molecular weight is 200 g/mol. The summed E-state index contributed by atoms with van der Waals surface area (Å²) in [5, 5.41) is 4.45. The molecule has 2 rings (SSSR count). The van der Waals surface area contributed by atoms with E-state index in [0.29, 0.717) is 12.2 Å². The summed E-state index contributed by atoms with van der Waals surface area (Å²) in [4.78, 5) is 16.2. The van der Waals surface area contributed by atoms with Gasteiger partial charge in [-0.05, 0) is 23.2 Å². The number of nitrogens with one attached hydrogen (secondary N) is 1. The lowest BCUT2D eigenvalue weighted by Gasteiger charge is -1.95. The Kier molecular flexibility index (Phi) is 2.39. The number of azide groups is 1. The molecule has 74 valence electrons. The zero-order valence-electron chi connectivity index (χ0n) is 7.84. The van der Waals surface area contributed by atoms with Gasteiger partial charge in [-0.15, -0.1) is 0 Å². The van der Waals surface area contributed by atoms with Crippen LogP contribution < -0.4 is 0 Å². The summed E-state index contributed by atoms with van der Waals surface area (Å²) < 4.78 is 0. The van der Waals surface area contributed by atoms with Gasteiger partial charge in [0.15, 0.2) is 6.29 Å². The predicted octanol–water partition coefficient (Wildman–Crippen LogP) is 2.79. The van der Waals surface area contributed by atoms with E-state index in [2.05, 4.69) is 15.0 Å². The van der Waals surface area contributed by atoms with Crippen LogP contribution in [0.2, 0.25) is 0 Å². The minimum absolute atomic E-state index is 0.321. The van der Waals surface area contributed by atoms with Crippen LogP contribution in [0.15, 0.2) is 29.4 Å². The number of fused-ring (bicyclic) bond motifs is 1. The number of nitrogens with zero attached hydrogens (tertiary/aromatic N) is 3. The highest BCUT2D eigenvalue weighted by atomic mass is 16.1. The van der Waals surface area contributed by atoms with Gasteiger partial charge < -0.3 is 4.98 Å². The van der Waals surface area contributed by atoms with Crippen LogP contribution in [0.4, 0.5) is 0 Å². The minimum atomic E-state index is 0.321. The van der Waals surface area contributed by atoms with Crippen LogP contribution >= 0.6 is 0 Å². The van der Waals surface area contributed by atoms with E-state index < -0.39 is 0 Å². The van der Waals surface area contributed by atoms with Crippen molar-refractivity contribution in [1.29, 1.82) is 0 Å². The third-order valence-electron chi connectivity index (χ3n) is 2.15. The molecule has 0 atom stereocenters. The quantitative estimate of drug-likeness (QED) is 0.351. The van der Waals surface area contributed by atoms with Crippen molar-refractivity contribution in [3.05, 3.63) is 46.0 Å². The van der Waals surface area contributed by atoms with Gasteiger partial charge in [0.05, 0.1) is 12.2 Å². The maximum absolute atomic E-state index is 10.5. The Morgan fingerprint density at radius 3 is 3.07 bits per heavy atom. The summed E-state index contributed by atoms with van der Waals surface area (Å²) in [6.45, 7) is 0.321. The number of benzene rings is 1. The van der Waals surface area contributed by atoms with Crippen molar-refractivity contribution < 1.29 is 4.79 Å². The van der Waals surface area contributed by atoms with Crippen molar-refractivity contribution in [2.45, 2.75) is 6.54 Å². The lowest BCUT2D eigenvalue weighted by Crippen LogP contribution is -1.80. The van der Waals surface area contributed by atoms with Gasteiger partial charge in [-0.25, -0.2) is 0 Å². The standard InChI is InChI=1S/C10H8N4O/c11-14-12-5-7-1-2-8-4-9(6-15)13-10(8)3-7/h1-4,6,13H,5H2. The normalized spacial score (nSPS) is 9.87. The van der Waals surface area contributed by atoms with E-state index in [4.69, 9.17) is 5.53 Å². The first kappa shape index (κ1) is 9.30. The van der Waals surface area contributed by atoms with E-state index in [1.165, 1.54) is 0 Å². The van der Waals surface area contributed by atoms with Gasteiger partial charge in [-0.1, -0.05) is 17.2 Å². The summed E-state index contributed by atoms with van der Waals surface area (Å²) in [6, 6.07) is 7.41. The summed E-state index contributed by atoms with van der Waals surface area (Å²) in [7, 11) is 0. The molecule has 15 heavy (non-hydrogen) atoms. The van der Waals surface area contributed by atoms with Gasteiger partial charge in [0.1, 0.15) is 0 Å². The molecule has 0 saturated carbocycles. The number of aldehydes is 1. The maximum Gasteiger partial charge on any atom is 0.166 e. The Hall–Kier alpha value is -2.26. The molecule has 0 amide bonds. The number of H-pyrrole nitrogens is 1. The Morgan fingerprint density at radius 1 is 1.47 bits per heavy atom. The Morgan fingerprint density at radius 2 is 2.33 bits per heavy atom. The molecule has 0 aliphatic rings. The number of hydrogen-bond acceptors (Lipinski definition) is 2. The SMILES string of the molecule is [N-]=[N+]=NCc1ccc2cc(C=O)[nH]c2c1. The van der Waals surface area contributed by atoms with E-state index in [9.17, 15) is 4.79 Å². The predicted molar refractivity (Wildman–Crippen MR) is 56.5 cm³/mol. The summed E-state index contributed by atoms with van der Waals surface area (Å²) >= 11 is 0. The van der Waals surface area contributed by atoms with Crippen molar-refractivity contribution in [3.8, 4) is 0 Å². The van der Waals surface area contributed by atoms with Crippen LogP contribution in [0.1, 0.15) is 16.1 Å². The topological polar surface area (TPSA) is 81.6 Å². The van der Waals surface area contributed by atoms with Gasteiger partial charge >= 0.3 is 0 Å². The van der Waals surface area contributed by atoms with E-state index in [1.807, 2.05) is 18.2 Å². The molecule has 1 aromatic carbocycles. The molecule has 1 heterocycles. The lowest BCUT2D eigenvalue weighted by atomic mass is 10.2. The Balaban J connectivity index is 2.45. The number of rotatable bonds is 3. The van der Waals surface area contributed by atoms with Gasteiger partial charge in [-0.2, -0.15) is 0 Å². The number of aromatic nitrogens is 1. The monoisotopic (exact) mass is 200 g/mol. The van der Waals surface area contributed by atoms with Crippen molar-refractivity contribution in [1.82, 2.24) is 4.98 Å². The lowest BCUT2D eigenvalue weighted by molar-refractivity contribution is 0.112. The third kappa shape index (κ3) is 1.82. The molecule has 0 aliphatic carbocycles. The molecule has 1 aromatic heterocycles. The van der Waals surface area contributed by atoms with Crippen LogP contribution in [-0.4, -0.2) is 11.3 Å². The van der Waals surface area contributed by atoms with Gasteiger partial charge in [0.25, 0.3) is 0 Å². The van der Waals surface area contributed by atoms with E-state index in [1.54, 1.807) is 6.07 Å². The molecule has 0 aliphatic heterocycles. The molecule has 1 N–H and O–H groups in total. The summed E-state index contributed by atoms with van der Waals surface area (Å²) in [6.07, 6.45) is 0.771. The van der Waals surface area contributed by atoms with E-state index >= 15 is 0 Å². The molecule has 5 heteroatoms. The molecule has 0 fully saturated rings. The number of carbonyl (C=O) groups is 1. The van der Waals surface area contributed by atoms with Crippen molar-refractivity contribution in [2.75, 3.05) is 0 Å². The maximum atomic E-state index is 10.5. The zero-order valence-corrected chi connectivity index (χ0v) is 7.84. The van der Waals surface area contributed by atoms with Crippen molar-refractivity contribution in [3.63, 3.8) is 0 Å². The first-order chi connectivity index (χ1) is 7.33. The molecule has 0 saturated heterocycles. The fourth-order valence-electron chi connectivity index (χ4n) is 1.47. The smallest absolute Gasteiger partial charge is 0.166 e. The largest absolute Gasteiger partial charge is 0.352 e. The second kappa shape index (κ2) is 3.86. The van der Waals surface area contributed by atoms with Crippen molar-refractivity contribution >= 4 is 17.2 Å².